The maximum Gasteiger partial charge on any atom is 0.316 e. The van der Waals surface area contributed by atoms with Gasteiger partial charge in [0.25, 0.3) is 5.91 Å². The molecule has 1 unspecified atom stereocenters. The van der Waals surface area contributed by atoms with Crippen molar-refractivity contribution in [3.8, 4) is 0 Å². The lowest BCUT2D eigenvalue weighted by Gasteiger charge is -2.21. The minimum Gasteiger partial charge on any atom is -0.371 e. The number of hydrogen-bond acceptors (Lipinski definition) is 5. The van der Waals surface area contributed by atoms with Crippen LogP contribution in [0.2, 0.25) is 0 Å². The van der Waals surface area contributed by atoms with Gasteiger partial charge in [-0.15, -0.1) is 0 Å². The molecule has 0 saturated carbocycles. The van der Waals surface area contributed by atoms with Gasteiger partial charge in [0.2, 0.25) is 5.91 Å². The molecule has 9 nitrogen and oxygen atoms in total. The number of rotatable bonds is 9. The third kappa shape index (κ3) is 5.50. The summed E-state index contributed by atoms with van der Waals surface area (Å²) >= 11 is 0. The number of benzene rings is 2. The van der Waals surface area contributed by atoms with E-state index >= 15 is 0 Å². The van der Waals surface area contributed by atoms with E-state index in [1.54, 1.807) is 19.1 Å². The van der Waals surface area contributed by atoms with Crippen LogP contribution in [-0.2, 0) is 11.3 Å². The van der Waals surface area contributed by atoms with Crippen LogP contribution in [0.15, 0.2) is 52.1 Å². The average Bonchev–Trinajstić information content (AvgIpc) is 3.42. The quantitative estimate of drug-likeness (QED) is 0.398. The van der Waals surface area contributed by atoms with Gasteiger partial charge in [0.05, 0.1) is 11.0 Å². The molecule has 9 heteroatoms. The van der Waals surface area contributed by atoms with Gasteiger partial charge < -0.3 is 25.1 Å². The number of carbonyl (C=O) groups is 2. The van der Waals surface area contributed by atoms with Gasteiger partial charge in [0.1, 0.15) is 6.04 Å². The molecule has 36 heavy (non-hydrogen) atoms. The molecule has 2 heterocycles. The molecule has 3 aromatic rings. The van der Waals surface area contributed by atoms with Gasteiger partial charge in [-0.25, -0.2) is 0 Å². The van der Waals surface area contributed by atoms with E-state index in [-0.39, 0.29) is 5.91 Å². The fraction of sp³-hybridized carbons (Fsp3) is 0.407. The highest BCUT2D eigenvalue weighted by molar-refractivity contribution is 6.02. The lowest BCUT2D eigenvalue weighted by molar-refractivity contribution is -0.118. The minimum absolute atomic E-state index is 0.274. The molecule has 1 aliphatic rings. The van der Waals surface area contributed by atoms with Gasteiger partial charge in [-0.1, -0.05) is 25.8 Å². The van der Waals surface area contributed by atoms with E-state index in [1.165, 1.54) is 23.5 Å². The number of nitrogens with one attached hydrogen (secondary N) is 3. The number of carbonyl (C=O) groups excluding carboxylic acids is 2. The standard InChI is InChI=1S/C27H33N5O4/c1-3-5-11-21(25(34)28-19-9-8-10-20(17-19)31-14-6-7-15-31)29-24(33)18-12-13-23-22(16-18)30-26(35)27(36)32(23)4-2/h8-10,12-13,16-17,21H,3-7,11,14-15H2,1-2H3,(H,28,34)(H,29,33)(H,30,35). The van der Waals surface area contributed by atoms with Crippen molar-refractivity contribution >= 4 is 34.2 Å². The smallest absolute Gasteiger partial charge is 0.316 e. The summed E-state index contributed by atoms with van der Waals surface area (Å²) in [4.78, 5) is 55.2. The van der Waals surface area contributed by atoms with E-state index in [2.05, 4.69) is 20.5 Å². The van der Waals surface area contributed by atoms with Crippen molar-refractivity contribution in [1.29, 1.82) is 0 Å². The minimum atomic E-state index is -0.738. The van der Waals surface area contributed by atoms with E-state index in [1.807, 2.05) is 31.2 Å². The number of aromatic nitrogens is 2. The summed E-state index contributed by atoms with van der Waals surface area (Å²) < 4.78 is 1.36. The molecule has 190 valence electrons. The second-order valence-electron chi connectivity index (χ2n) is 9.14. The number of H-pyrrole nitrogens is 1. The highest BCUT2D eigenvalue weighted by Crippen LogP contribution is 2.23. The molecule has 1 atom stereocenters. The van der Waals surface area contributed by atoms with E-state index < -0.39 is 23.1 Å². The maximum atomic E-state index is 13.2. The molecule has 1 fully saturated rings. The first-order chi connectivity index (χ1) is 17.4. The zero-order valence-corrected chi connectivity index (χ0v) is 20.8. The number of aryl methyl sites for hydroxylation is 1. The van der Waals surface area contributed by atoms with Crippen LogP contribution in [-0.4, -0.2) is 40.5 Å². The lowest BCUT2D eigenvalue weighted by Crippen LogP contribution is -2.43. The molecule has 2 amide bonds. The molecule has 2 aromatic carbocycles. The second-order valence-corrected chi connectivity index (χ2v) is 9.14. The Morgan fingerprint density at radius 1 is 1.06 bits per heavy atom. The predicted octanol–water partition coefficient (Wildman–Crippen LogP) is 3.24. The van der Waals surface area contributed by atoms with E-state index in [9.17, 15) is 19.2 Å². The Bertz CT molecular complexity index is 1370. The predicted molar refractivity (Wildman–Crippen MR) is 142 cm³/mol. The third-order valence-corrected chi connectivity index (χ3v) is 6.61. The molecule has 0 bridgehead atoms. The van der Waals surface area contributed by atoms with Crippen LogP contribution in [0.3, 0.4) is 0 Å². The van der Waals surface area contributed by atoms with Crippen LogP contribution >= 0.6 is 0 Å². The third-order valence-electron chi connectivity index (χ3n) is 6.61. The zero-order chi connectivity index (χ0) is 25.7. The van der Waals surface area contributed by atoms with Crippen LogP contribution in [0.1, 0.15) is 56.3 Å². The summed E-state index contributed by atoms with van der Waals surface area (Å²) in [6.45, 7) is 6.17. The van der Waals surface area contributed by atoms with Gasteiger partial charge in [-0.3, -0.25) is 19.2 Å². The number of unbranched alkanes of at least 4 members (excludes halogenated alkanes) is 1. The molecule has 4 rings (SSSR count). The molecule has 3 N–H and O–H groups in total. The topological polar surface area (TPSA) is 116 Å². The Balaban J connectivity index is 1.52. The van der Waals surface area contributed by atoms with E-state index in [4.69, 9.17) is 0 Å². The number of nitrogens with zero attached hydrogens (tertiary/aromatic N) is 2. The fourth-order valence-corrected chi connectivity index (χ4v) is 4.64. The van der Waals surface area contributed by atoms with Crippen LogP contribution < -0.4 is 26.7 Å². The number of amides is 2. The highest BCUT2D eigenvalue weighted by atomic mass is 16.2. The first-order valence-corrected chi connectivity index (χ1v) is 12.6. The van der Waals surface area contributed by atoms with Crippen LogP contribution in [0.25, 0.3) is 11.0 Å². The normalized spacial score (nSPS) is 14.1. The zero-order valence-electron chi connectivity index (χ0n) is 20.8. The van der Waals surface area contributed by atoms with Gasteiger partial charge in [0, 0.05) is 36.6 Å². The van der Waals surface area contributed by atoms with Crippen molar-refractivity contribution in [2.75, 3.05) is 23.3 Å². The first kappa shape index (κ1) is 25.2. The van der Waals surface area contributed by atoms with Crippen molar-refractivity contribution in [2.45, 2.75) is 58.5 Å². The largest absolute Gasteiger partial charge is 0.371 e. The summed E-state index contributed by atoms with van der Waals surface area (Å²) in [5.41, 5.74) is 1.63. The summed E-state index contributed by atoms with van der Waals surface area (Å²) in [5, 5.41) is 5.82. The average molecular weight is 492 g/mol. The SMILES string of the molecule is CCCCC(NC(=O)c1ccc2c(c1)[nH]c(=O)c(=O)n2CC)C(=O)Nc1cccc(N2CCCC2)c1. The molecule has 1 aromatic heterocycles. The molecule has 1 saturated heterocycles. The van der Waals surface area contributed by atoms with E-state index in [0.717, 1.165) is 31.6 Å². The Morgan fingerprint density at radius 3 is 2.56 bits per heavy atom. The fourth-order valence-electron chi connectivity index (χ4n) is 4.64. The molecule has 0 spiro atoms. The van der Waals surface area contributed by atoms with Gasteiger partial charge in [0.15, 0.2) is 0 Å². The molecule has 0 aliphatic carbocycles. The summed E-state index contributed by atoms with van der Waals surface area (Å²) in [6, 6.07) is 11.8. The Kier molecular flexibility index (Phi) is 7.87. The summed E-state index contributed by atoms with van der Waals surface area (Å²) in [6.07, 6.45) is 4.50. The Hall–Kier alpha value is -3.88. The monoisotopic (exact) mass is 491 g/mol. The van der Waals surface area contributed by atoms with Gasteiger partial charge in [-0.2, -0.15) is 0 Å². The number of fused-ring (bicyclic) bond motifs is 1. The van der Waals surface area contributed by atoms with Gasteiger partial charge >= 0.3 is 11.1 Å². The van der Waals surface area contributed by atoms with Gasteiger partial charge in [-0.05, 0) is 62.6 Å². The Labute approximate surface area is 209 Å². The number of hydrogen-bond donors (Lipinski definition) is 3. The maximum absolute atomic E-state index is 13.2. The number of anilines is 2. The second kappa shape index (κ2) is 11.2. The highest BCUT2D eigenvalue weighted by Gasteiger charge is 2.22. The molecule has 0 radical (unpaired) electrons. The first-order valence-electron chi connectivity index (χ1n) is 12.6. The van der Waals surface area contributed by atoms with Crippen LogP contribution in [0.5, 0.6) is 0 Å². The van der Waals surface area contributed by atoms with Crippen LogP contribution in [0, 0.1) is 0 Å². The van der Waals surface area contributed by atoms with Crippen molar-refractivity contribution < 1.29 is 9.59 Å². The number of aromatic amines is 1. The van der Waals surface area contributed by atoms with Crippen molar-refractivity contribution in [1.82, 2.24) is 14.9 Å². The van der Waals surface area contributed by atoms with E-state index in [0.29, 0.717) is 35.2 Å². The summed E-state index contributed by atoms with van der Waals surface area (Å²) in [5.74, 6) is -0.696. The molecule has 1 aliphatic heterocycles. The summed E-state index contributed by atoms with van der Waals surface area (Å²) in [7, 11) is 0. The van der Waals surface area contributed by atoms with Crippen molar-refractivity contribution in [2.24, 2.45) is 0 Å². The van der Waals surface area contributed by atoms with Crippen LogP contribution in [0.4, 0.5) is 11.4 Å². The van der Waals surface area contributed by atoms with Crippen molar-refractivity contribution in [3.05, 3.63) is 68.7 Å². The molecular formula is C27H33N5O4. The lowest BCUT2D eigenvalue weighted by atomic mass is 10.1. The van der Waals surface area contributed by atoms with Crippen molar-refractivity contribution in [3.63, 3.8) is 0 Å². The molecular weight excluding hydrogens is 458 g/mol. The Morgan fingerprint density at radius 2 is 1.83 bits per heavy atom.